The van der Waals surface area contributed by atoms with Crippen molar-refractivity contribution in [1.29, 1.82) is 0 Å². The smallest absolute Gasteiger partial charge is 0.323 e. The van der Waals surface area contributed by atoms with E-state index in [1.165, 1.54) is 24.3 Å². The number of sulfonamides is 1. The number of carbonyl (C=O) groups excluding carboxylic acids is 1. The fourth-order valence-corrected chi connectivity index (χ4v) is 4.75. The maximum atomic E-state index is 13.3. The number of carbonyl (C=O) groups is 1. The van der Waals surface area contributed by atoms with E-state index in [9.17, 15) is 18.0 Å². The molecule has 10 heteroatoms. The molecule has 0 saturated heterocycles. The number of fused-ring (bicyclic) bond motifs is 1. The third-order valence-corrected chi connectivity index (χ3v) is 6.83. The SMILES string of the molecule is O=C(CN(Cc1ccccc1)S(=O)(=O)c1ccc(Cl)cc1)Nc1ccc2[nH]c(=O)[nH]c2c1. The Morgan fingerprint density at radius 1 is 0.938 bits per heavy atom. The first-order valence-corrected chi connectivity index (χ1v) is 11.4. The predicted molar refractivity (Wildman–Crippen MR) is 123 cm³/mol. The van der Waals surface area contributed by atoms with E-state index >= 15 is 0 Å². The van der Waals surface area contributed by atoms with Gasteiger partial charge in [0.05, 0.1) is 22.5 Å². The largest absolute Gasteiger partial charge is 0.325 e. The average molecular weight is 471 g/mol. The number of imidazole rings is 1. The van der Waals surface area contributed by atoms with Gasteiger partial charge in [0.2, 0.25) is 15.9 Å². The Labute approximate surface area is 188 Å². The van der Waals surface area contributed by atoms with Gasteiger partial charge in [0.25, 0.3) is 0 Å². The van der Waals surface area contributed by atoms with E-state index in [2.05, 4.69) is 15.3 Å². The van der Waals surface area contributed by atoms with Crippen molar-refractivity contribution in [3.8, 4) is 0 Å². The van der Waals surface area contributed by atoms with E-state index in [1.807, 2.05) is 6.07 Å². The van der Waals surface area contributed by atoms with Crippen LogP contribution in [0.25, 0.3) is 11.0 Å². The highest BCUT2D eigenvalue weighted by molar-refractivity contribution is 7.89. The second kappa shape index (κ2) is 8.99. The fourth-order valence-electron chi connectivity index (χ4n) is 3.24. The van der Waals surface area contributed by atoms with Crippen LogP contribution < -0.4 is 11.0 Å². The van der Waals surface area contributed by atoms with Crippen LogP contribution in [0.3, 0.4) is 0 Å². The molecule has 0 atom stereocenters. The van der Waals surface area contributed by atoms with E-state index in [0.29, 0.717) is 21.7 Å². The third-order valence-electron chi connectivity index (χ3n) is 4.77. The molecule has 0 unspecified atom stereocenters. The Morgan fingerprint density at radius 2 is 1.62 bits per heavy atom. The van der Waals surface area contributed by atoms with Crippen LogP contribution in [0.15, 0.2) is 82.5 Å². The molecule has 8 nitrogen and oxygen atoms in total. The molecule has 32 heavy (non-hydrogen) atoms. The number of H-pyrrole nitrogens is 2. The Bertz CT molecular complexity index is 1410. The normalized spacial score (nSPS) is 11.7. The summed E-state index contributed by atoms with van der Waals surface area (Å²) in [7, 11) is -3.97. The molecular weight excluding hydrogens is 452 g/mol. The van der Waals surface area contributed by atoms with Crippen LogP contribution in [-0.2, 0) is 21.4 Å². The maximum Gasteiger partial charge on any atom is 0.323 e. The number of hydrogen-bond donors (Lipinski definition) is 3. The number of benzene rings is 3. The molecule has 1 amide bonds. The van der Waals surface area contributed by atoms with Gasteiger partial charge < -0.3 is 15.3 Å². The number of halogens is 1. The fraction of sp³-hybridized carbons (Fsp3) is 0.0909. The molecule has 4 aromatic rings. The van der Waals surface area contributed by atoms with Gasteiger partial charge in [-0.05, 0) is 48.0 Å². The quantitative estimate of drug-likeness (QED) is 0.384. The zero-order chi connectivity index (χ0) is 22.7. The summed E-state index contributed by atoms with van der Waals surface area (Å²) in [4.78, 5) is 29.5. The molecular formula is C22H19ClN4O4S. The van der Waals surface area contributed by atoms with Crippen molar-refractivity contribution in [1.82, 2.24) is 14.3 Å². The molecule has 0 fully saturated rings. The van der Waals surface area contributed by atoms with Gasteiger partial charge in [0, 0.05) is 17.3 Å². The number of amides is 1. The monoisotopic (exact) mass is 470 g/mol. The second-order valence-electron chi connectivity index (χ2n) is 7.10. The molecule has 0 radical (unpaired) electrons. The summed E-state index contributed by atoms with van der Waals surface area (Å²) in [6.45, 7) is -0.384. The molecule has 0 aliphatic carbocycles. The number of anilines is 1. The number of aromatic nitrogens is 2. The van der Waals surface area contributed by atoms with Crippen molar-refractivity contribution in [2.24, 2.45) is 0 Å². The number of nitrogens with one attached hydrogen (secondary N) is 3. The molecule has 1 heterocycles. The number of nitrogens with zero attached hydrogens (tertiary/aromatic N) is 1. The summed E-state index contributed by atoms with van der Waals surface area (Å²) in [6.07, 6.45) is 0. The van der Waals surface area contributed by atoms with Gasteiger partial charge in [-0.25, -0.2) is 13.2 Å². The zero-order valence-electron chi connectivity index (χ0n) is 16.7. The lowest BCUT2D eigenvalue weighted by molar-refractivity contribution is -0.116. The minimum absolute atomic E-state index is 0.0172. The topological polar surface area (TPSA) is 115 Å². The van der Waals surface area contributed by atoms with Crippen LogP contribution >= 0.6 is 11.6 Å². The van der Waals surface area contributed by atoms with Gasteiger partial charge in [0.1, 0.15) is 0 Å². The maximum absolute atomic E-state index is 13.3. The standard InChI is InChI=1S/C22H19ClN4O4S/c23-16-6-9-18(10-7-16)32(30,31)27(13-15-4-2-1-3-5-15)14-21(28)24-17-8-11-19-20(12-17)26-22(29)25-19/h1-12H,13-14H2,(H,24,28)(H2,25,26,29). The summed E-state index contributed by atoms with van der Waals surface area (Å²) in [5, 5.41) is 3.10. The lowest BCUT2D eigenvalue weighted by atomic mass is 10.2. The first-order valence-electron chi connectivity index (χ1n) is 9.63. The number of aromatic amines is 2. The molecule has 3 aromatic carbocycles. The number of hydrogen-bond acceptors (Lipinski definition) is 4. The lowest BCUT2D eigenvalue weighted by Crippen LogP contribution is -2.37. The summed E-state index contributed by atoms with van der Waals surface area (Å²) >= 11 is 5.89. The first kappa shape index (κ1) is 21.8. The second-order valence-corrected chi connectivity index (χ2v) is 9.47. The summed E-state index contributed by atoms with van der Waals surface area (Å²) in [5.41, 5.74) is 1.95. The highest BCUT2D eigenvalue weighted by Crippen LogP contribution is 2.21. The Kier molecular flexibility index (Phi) is 6.13. The van der Waals surface area contributed by atoms with Crippen molar-refractivity contribution < 1.29 is 13.2 Å². The first-order chi connectivity index (χ1) is 15.3. The highest BCUT2D eigenvalue weighted by Gasteiger charge is 2.27. The van der Waals surface area contributed by atoms with Gasteiger partial charge in [-0.2, -0.15) is 4.31 Å². The van der Waals surface area contributed by atoms with Crippen LogP contribution in [-0.4, -0.2) is 35.1 Å². The highest BCUT2D eigenvalue weighted by atomic mass is 35.5. The van der Waals surface area contributed by atoms with E-state index in [4.69, 9.17) is 11.6 Å². The van der Waals surface area contributed by atoms with E-state index in [0.717, 1.165) is 9.87 Å². The Balaban J connectivity index is 1.59. The third kappa shape index (κ3) is 4.91. The lowest BCUT2D eigenvalue weighted by Gasteiger charge is -2.22. The average Bonchev–Trinajstić information content (AvgIpc) is 3.13. The molecule has 0 aliphatic rings. The van der Waals surface area contributed by atoms with Gasteiger partial charge in [0.15, 0.2) is 0 Å². The number of rotatable bonds is 7. The van der Waals surface area contributed by atoms with Gasteiger partial charge in [-0.15, -0.1) is 0 Å². The van der Waals surface area contributed by atoms with Crippen LogP contribution in [0.5, 0.6) is 0 Å². The molecule has 164 valence electrons. The molecule has 0 aliphatic heterocycles. The van der Waals surface area contributed by atoms with Crippen molar-refractivity contribution >= 4 is 44.3 Å². The predicted octanol–water partition coefficient (Wildman–Crippen LogP) is 3.34. The Morgan fingerprint density at radius 3 is 2.34 bits per heavy atom. The molecule has 3 N–H and O–H groups in total. The van der Waals surface area contributed by atoms with Crippen molar-refractivity contribution in [3.63, 3.8) is 0 Å². The molecule has 0 spiro atoms. The zero-order valence-corrected chi connectivity index (χ0v) is 18.3. The van der Waals surface area contributed by atoms with Crippen molar-refractivity contribution in [3.05, 3.63) is 93.9 Å². The van der Waals surface area contributed by atoms with E-state index < -0.39 is 22.5 Å². The van der Waals surface area contributed by atoms with Gasteiger partial charge in [-0.1, -0.05) is 41.9 Å². The van der Waals surface area contributed by atoms with Crippen LogP contribution in [0.4, 0.5) is 5.69 Å². The van der Waals surface area contributed by atoms with Gasteiger partial charge in [-0.3, -0.25) is 4.79 Å². The van der Waals surface area contributed by atoms with Crippen LogP contribution in [0.1, 0.15) is 5.56 Å². The summed E-state index contributed by atoms with van der Waals surface area (Å²) < 4.78 is 27.7. The molecule has 0 bridgehead atoms. The Hall–Kier alpha value is -3.40. The van der Waals surface area contributed by atoms with Gasteiger partial charge >= 0.3 is 5.69 Å². The van der Waals surface area contributed by atoms with Crippen LogP contribution in [0.2, 0.25) is 5.02 Å². The summed E-state index contributed by atoms with van der Waals surface area (Å²) in [6, 6.07) is 19.7. The van der Waals surface area contributed by atoms with Crippen molar-refractivity contribution in [2.75, 3.05) is 11.9 Å². The summed E-state index contributed by atoms with van der Waals surface area (Å²) in [5.74, 6) is -0.518. The minimum Gasteiger partial charge on any atom is -0.325 e. The van der Waals surface area contributed by atoms with Crippen molar-refractivity contribution in [2.45, 2.75) is 11.4 Å². The molecule has 4 rings (SSSR count). The van der Waals surface area contributed by atoms with E-state index in [-0.39, 0.29) is 17.1 Å². The van der Waals surface area contributed by atoms with E-state index in [1.54, 1.807) is 42.5 Å². The van der Waals surface area contributed by atoms with Crippen LogP contribution in [0, 0.1) is 0 Å². The molecule has 0 saturated carbocycles. The minimum atomic E-state index is -3.97. The molecule has 1 aromatic heterocycles.